The van der Waals surface area contributed by atoms with E-state index < -0.39 is 0 Å². The van der Waals surface area contributed by atoms with Crippen LogP contribution in [0.2, 0.25) is 0 Å². The topological polar surface area (TPSA) is 61.4 Å². The Morgan fingerprint density at radius 1 is 1.05 bits per heavy atom. The highest BCUT2D eigenvalue weighted by molar-refractivity contribution is 9.10. The van der Waals surface area contributed by atoms with Crippen molar-refractivity contribution >= 4 is 27.7 Å². The summed E-state index contributed by atoms with van der Waals surface area (Å²) in [5, 5.41) is 5.65. The van der Waals surface area contributed by atoms with Gasteiger partial charge in [0.15, 0.2) is 0 Å². The molecule has 2 amide bonds. The van der Waals surface area contributed by atoms with Gasteiger partial charge in [-0.15, -0.1) is 0 Å². The van der Waals surface area contributed by atoms with Crippen LogP contribution in [0.4, 0.5) is 0 Å². The Hall–Kier alpha value is -1.40. The molecule has 22 heavy (non-hydrogen) atoms. The maximum Gasteiger partial charge on any atom is 0.251 e. The van der Waals surface area contributed by atoms with Crippen molar-refractivity contribution in [3.63, 3.8) is 0 Å². The molecule has 0 spiro atoms. The average Bonchev–Trinajstić information content (AvgIpc) is 3.01. The van der Waals surface area contributed by atoms with Gasteiger partial charge in [-0.25, -0.2) is 0 Å². The lowest BCUT2D eigenvalue weighted by molar-refractivity contribution is -0.120. The Labute approximate surface area is 139 Å². The third-order valence-corrected chi connectivity index (χ3v) is 4.22. The summed E-state index contributed by atoms with van der Waals surface area (Å²) in [5.74, 6) is -0.173. The molecule has 2 rings (SSSR count). The molecular weight excluding hydrogens is 346 g/mol. The van der Waals surface area contributed by atoms with Crippen LogP contribution < -0.4 is 10.6 Å². The highest BCUT2D eigenvalue weighted by Gasteiger charge is 2.11. The zero-order valence-corrected chi connectivity index (χ0v) is 14.2. The van der Waals surface area contributed by atoms with E-state index in [0.29, 0.717) is 25.1 Å². The predicted molar refractivity (Wildman–Crippen MR) is 89.8 cm³/mol. The minimum atomic E-state index is -0.155. The summed E-state index contributed by atoms with van der Waals surface area (Å²) in [7, 11) is 0. The number of amides is 2. The van der Waals surface area contributed by atoms with Gasteiger partial charge in [0, 0.05) is 36.1 Å². The van der Waals surface area contributed by atoms with Crippen LogP contribution in [0.3, 0.4) is 0 Å². The Morgan fingerprint density at radius 2 is 1.73 bits per heavy atom. The maximum atomic E-state index is 11.9. The van der Waals surface area contributed by atoms with Gasteiger partial charge < -0.3 is 15.5 Å². The molecule has 1 aromatic rings. The fourth-order valence-electron chi connectivity index (χ4n) is 2.44. The number of hydrogen-bond donors (Lipinski definition) is 2. The fourth-order valence-corrected chi connectivity index (χ4v) is 2.71. The van der Waals surface area contributed by atoms with Gasteiger partial charge in [-0.3, -0.25) is 9.59 Å². The molecule has 2 N–H and O–H groups in total. The lowest BCUT2D eigenvalue weighted by atomic mass is 10.2. The van der Waals surface area contributed by atoms with Gasteiger partial charge in [-0.05, 0) is 50.2 Å². The van der Waals surface area contributed by atoms with Crippen LogP contribution in [0, 0.1) is 0 Å². The summed E-state index contributed by atoms with van der Waals surface area (Å²) in [6.07, 6.45) is 2.83. The van der Waals surface area contributed by atoms with Crippen LogP contribution in [0.5, 0.6) is 0 Å². The predicted octanol–water partition coefficient (Wildman–Crippen LogP) is 1.78. The van der Waals surface area contributed by atoms with Gasteiger partial charge >= 0.3 is 0 Å². The number of rotatable bonds is 7. The van der Waals surface area contributed by atoms with Crippen molar-refractivity contribution in [2.75, 3.05) is 32.7 Å². The van der Waals surface area contributed by atoms with E-state index in [9.17, 15) is 9.59 Å². The first kappa shape index (κ1) is 17.0. The summed E-state index contributed by atoms with van der Waals surface area (Å²) in [6.45, 7) is 4.22. The quantitative estimate of drug-likeness (QED) is 0.771. The lowest BCUT2D eigenvalue weighted by Crippen LogP contribution is -2.35. The highest BCUT2D eigenvalue weighted by atomic mass is 79.9. The van der Waals surface area contributed by atoms with Gasteiger partial charge in [-0.1, -0.05) is 15.9 Å². The van der Waals surface area contributed by atoms with E-state index in [1.54, 1.807) is 12.1 Å². The van der Waals surface area contributed by atoms with Gasteiger partial charge in [0.05, 0.1) is 0 Å². The van der Waals surface area contributed by atoms with E-state index in [2.05, 4.69) is 31.5 Å². The number of benzene rings is 1. The molecule has 0 aliphatic carbocycles. The Morgan fingerprint density at radius 3 is 2.41 bits per heavy atom. The lowest BCUT2D eigenvalue weighted by Gasteiger charge is -2.14. The summed E-state index contributed by atoms with van der Waals surface area (Å²) >= 11 is 3.33. The van der Waals surface area contributed by atoms with Crippen molar-refractivity contribution in [3.8, 4) is 0 Å². The second-order valence-corrected chi connectivity index (χ2v) is 6.33. The van der Waals surface area contributed by atoms with Crippen molar-refractivity contribution in [2.24, 2.45) is 0 Å². The standard InChI is InChI=1S/C16H22BrN3O2/c17-14-5-3-13(4-6-14)16(22)19-8-7-15(21)18-9-12-20-10-1-2-11-20/h3-6H,1-2,7-12H2,(H,18,21)(H,19,22). The molecule has 0 aromatic heterocycles. The molecule has 1 heterocycles. The first-order chi connectivity index (χ1) is 10.6. The molecule has 6 heteroatoms. The molecule has 0 saturated carbocycles. The van der Waals surface area contributed by atoms with Crippen LogP contribution in [0.15, 0.2) is 28.7 Å². The van der Waals surface area contributed by atoms with E-state index in [4.69, 9.17) is 0 Å². The van der Waals surface area contributed by atoms with Gasteiger partial charge in [0.2, 0.25) is 5.91 Å². The van der Waals surface area contributed by atoms with E-state index >= 15 is 0 Å². The van der Waals surface area contributed by atoms with Crippen LogP contribution in [0.1, 0.15) is 29.6 Å². The molecule has 0 unspecified atom stereocenters. The molecular formula is C16H22BrN3O2. The van der Waals surface area contributed by atoms with Crippen molar-refractivity contribution in [1.82, 2.24) is 15.5 Å². The SMILES string of the molecule is O=C(CCNC(=O)c1ccc(Br)cc1)NCCN1CCCC1. The van der Waals surface area contributed by atoms with E-state index in [-0.39, 0.29) is 11.8 Å². The van der Waals surface area contributed by atoms with E-state index in [0.717, 1.165) is 24.1 Å². The Balaban J connectivity index is 1.58. The molecule has 1 aliphatic heterocycles. The van der Waals surface area contributed by atoms with Crippen LogP contribution in [-0.2, 0) is 4.79 Å². The molecule has 0 radical (unpaired) electrons. The first-order valence-corrected chi connectivity index (χ1v) is 8.47. The van der Waals surface area contributed by atoms with Crippen molar-refractivity contribution in [3.05, 3.63) is 34.3 Å². The number of carbonyl (C=O) groups is 2. The summed E-state index contributed by atoms with van der Waals surface area (Å²) in [4.78, 5) is 25.9. The average molecular weight is 368 g/mol. The molecule has 1 fully saturated rings. The third-order valence-electron chi connectivity index (χ3n) is 3.69. The maximum absolute atomic E-state index is 11.9. The zero-order valence-electron chi connectivity index (χ0n) is 12.6. The number of hydrogen-bond acceptors (Lipinski definition) is 3. The number of carbonyl (C=O) groups excluding carboxylic acids is 2. The monoisotopic (exact) mass is 367 g/mol. The van der Waals surface area contributed by atoms with Gasteiger partial charge in [0.1, 0.15) is 0 Å². The molecule has 0 bridgehead atoms. The molecule has 120 valence electrons. The molecule has 1 aromatic carbocycles. The number of nitrogens with one attached hydrogen (secondary N) is 2. The highest BCUT2D eigenvalue weighted by Crippen LogP contribution is 2.10. The van der Waals surface area contributed by atoms with Gasteiger partial charge in [-0.2, -0.15) is 0 Å². The van der Waals surface area contributed by atoms with Crippen LogP contribution in [0.25, 0.3) is 0 Å². The summed E-state index contributed by atoms with van der Waals surface area (Å²) in [5.41, 5.74) is 0.595. The van der Waals surface area contributed by atoms with E-state index in [1.165, 1.54) is 12.8 Å². The van der Waals surface area contributed by atoms with Crippen LogP contribution in [-0.4, -0.2) is 49.4 Å². The minimum Gasteiger partial charge on any atom is -0.355 e. The number of halogens is 1. The smallest absolute Gasteiger partial charge is 0.251 e. The minimum absolute atomic E-state index is 0.0182. The first-order valence-electron chi connectivity index (χ1n) is 7.68. The van der Waals surface area contributed by atoms with Crippen molar-refractivity contribution in [2.45, 2.75) is 19.3 Å². The Bertz CT molecular complexity index is 499. The molecule has 5 nitrogen and oxygen atoms in total. The van der Waals surface area contributed by atoms with Crippen molar-refractivity contribution < 1.29 is 9.59 Å². The second kappa shape index (κ2) is 8.90. The number of nitrogens with zero attached hydrogens (tertiary/aromatic N) is 1. The fraction of sp³-hybridized carbons (Fsp3) is 0.500. The molecule has 0 atom stereocenters. The summed E-state index contributed by atoms with van der Waals surface area (Å²) in [6, 6.07) is 7.13. The third kappa shape index (κ3) is 5.77. The molecule has 1 aliphatic rings. The molecule has 1 saturated heterocycles. The summed E-state index contributed by atoms with van der Waals surface area (Å²) < 4.78 is 0.932. The van der Waals surface area contributed by atoms with Crippen LogP contribution >= 0.6 is 15.9 Å². The van der Waals surface area contributed by atoms with Gasteiger partial charge in [0.25, 0.3) is 5.91 Å². The second-order valence-electron chi connectivity index (χ2n) is 5.41. The Kier molecular flexibility index (Phi) is 6.86. The van der Waals surface area contributed by atoms with Crippen molar-refractivity contribution in [1.29, 1.82) is 0 Å². The largest absolute Gasteiger partial charge is 0.355 e. The zero-order chi connectivity index (χ0) is 15.8. The normalized spacial score (nSPS) is 14.8. The van der Waals surface area contributed by atoms with E-state index in [1.807, 2.05) is 12.1 Å². The number of likely N-dealkylation sites (tertiary alicyclic amines) is 1.